The highest BCUT2D eigenvalue weighted by Crippen LogP contribution is 2.38. The third-order valence-corrected chi connectivity index (χ3v) is 9.24. The van der Waals surface area contributed by atoms with Crippen LogP contribution >= 0.6 is 0 Å². The number of urea groups is 1. The summed E-state index contributed by atoms with van der Waals surface area (Å²) in [4.78, 5) is 17.6. The van der Waals surface area contributed by atoms with Crippen molar-refractivity contribution in [2.24, 2.45) is 0 Å². The Morgan fingerprint density at radius 3 is 2.49 bits per heavy atom. The van der Waals surface area contributed by atoms with E-state index in [1.165, 1.54) is 0 Å². The van der Waals surface area contributed by atoms with Gasteiger partial charge in [0.15, 0.2) is 0 Å². The van der Waals surface area contributed by atoms with Crippen molar-refractivity contribution in [3.05, 3.63) is 83.5 Å². The van der Waals surface area contributed by atoms with Crippen LogP contribution in [-0.2, 0) is 6.54 Å². The molecule has 0 unspecified atom stereocenters. The van der Waals surface area contributed by atoms with E-state index in [4.69, 9.17) is 21.0 Å². The normalized spacial score (nSPS) is 20.8. The number of nitrogens with one attached hydrogen (secondary N) is 6. The third-order valence-electron chi connectivity index (χ3n) is 9.24. The van der Waals surface area contributed by atoms with E-state index in [-0.39, 0.29) is 35.7 Å². The van der Waals surface area contributed by atoms with E-state index in [1.54, 1.807) is 35.2 Å². The Morgan fingerprint density at radius 1 is 1.04 bits per heavy atom. The summed E-state index contributed by atoms with van der Waals surface area (Å²) in [5.41, 5.74) is 3.29. The molecular formula is C36H51N11O2. The summed E-state index contributed by atoms with van der Waals surface area (Å²) >= 11 is 0. The van der Waals surface area contributed by atoms with E-state index in [0.717, 1.165) is 43.5 Å². The van der Waals surface area contributed by atoms with Crippen LogP contribution in [0.3, 0.4) is 0 Å². The summed E-state index contributed by atoms with van der Waals surface area (Å²) in [6, 6.07) is 11.3. The zero-order chi connectivity index (χ0) is 35.1. The molecule has 6 N–H and O–H groups in total. The molecule has 5 rings (SSSR count). The van der Waals surface area contributed by atoms with Crippen LogP contribution in [0.15, 0.2) is 66.9 Å². The first-order chi connectivity index (χ1) is 23.5. The summed E-state index contributed by atoms with van der Waals surface area (Å²) in [5.74, 6) is 1.28. The van der Waals surface area contributed by atoms with Crippen molar-refractivity contribution in [3.63, 3.8) is 0 Å². The minimum absolute atomic E-state index is 0.233. The first kappa shape index (κ1) is 35.4. The molecule has 13 heteroatoms. The predicted molar refractivity (Wildman–Crippen MR) is 192 cm³/mol. The Kier molecular flexibility index (Phi) is 11.6. The fourth-order valence-electron chi connectivity index (χ4n) is 6.58. The van der Waals surface area contributed by atoms with E-state index in [0.29, 0.717) is 48.2 Å². The lowest BCUT2D eigenvalue weighted by molar-refractivity contribution is 0.169. The Balaban J connectivity index is 1.27. The predicted octanol–water partition coefficient (Wildman–Crippen LogP) is 5.41. The first-order valence-corrected chi connectivity index (χ1v) is 17.2. The Morgan fingerprint density at radius 2 is 1.78 bits per heavy atom. The molecule has 1 saturated heterocycles. The lowest BCUT2D eigenvalue weighted by Crippen LogP contribution is -2.51. The number of hydrogen-bond acceptors (Lipinski definition) is 8. The molecule has 1 aliphatic heterocycles. The van der Waals surface area contributed by atoms with Crippen molar-refractivity contribution in [2.45, 2.75) is 90.1 Å². The van der Waals surface area contributed by atoms with Crippen molar-refractivity contribution in [3.8, 4) is 5.75 Å². The van der Waals surface area contributed by atoms with E-state index < -0.39 is 0 Å². The molecule has 262 valence electrons. The van der Waals surface area contributed by atoms with Gasteiger partial charge in [0.05, 0.1) is 30.7 Å². The molecule has 0 saturated carbocycles. The number of hydrogen-bond donors (Lipinski definition) is 6. The maximum Gasteiger partial charge on any atom is 0.320 e. The zero-order valence-corrected chi connectivity index (χ0v) is 29.3. The highest BCUT2D eigenvalue weighted by atomic mass is 16.5. The number of allylic oxidation sites excluding steroid dienone is 1. The van der Waals surface area contributed by atoms with Crippen molar-refractivity contribution >= 4 is 23.4 Å². The van der Waals surface area contributed by atoms with Gasteiger partial charge >= 0.3 is 6.03 Å². The molecule has 13 nitrogen and oxygen atoms in total. The summed E-state index contributed by atoms with van der Waals surface area (Å²) < 4.78 is 9.98. The molecule has 0 bridgehead atoms. The molecule has 3 heterocycles. The number of ether oxygens (including phenoxy) is 1. The van der Waals surface area contributed by atoms with E-state index in [2.05, 4.69) is 44.7 Å². The molecule has 49 heavy (non-hydrogen) atoms. The summed E-state index contributed by atoms with van der Waals surface area (Å²) in [5, 5.41) is 39.4. The van der Waals surface area contributed by atoms with Crippen molar-refractivity contribution < 1.29 is 9.53 Å². The number of nitrogens with zero attached hydrogens (tertiary/aromatic N) is 5. The molecule has 0 radical (unpaired) electrons. The number of likely N-dealkylation sites (N-methyl/N-ethyl adjacent to an activating group) is 1. The van der Waals surface area contributed by atoms with Gasteiger partial charge in [-0.2, -0.15) is 5.10 Å². The Labute approximate surface area is 288 Å². The second-order valence-corrected chi connectivity index (χ2v) is 13.3. The summed E-state index contributed by atoms with van der Waals surface area (Å²) in [6.07, 6.45) is 11.7. The van der Waals surface area contributed by atoms with Crippen LogP contribution in [0.25, 0.3) is 0 Å². The maximum atomic E-state index is 13.4. The molecule has 2 aliphatic rings. The van der Waals surface area contributed by atoms with Crippen LogP contribution in [0.2, 0.25) is 0 Å². The minimum Gasteiger partial charge on any atom is -0.484 e. The van der Waals surface area contributed by atoms with Gasteiger partial charge in [-0.1, -0.05) is 31.2 Å². The maximum absolute atomic E-state index is 13.4. The lowest BCUT2D eigenvalue weighted by atomic mass is 9.85. The fraction of sp³-hybridized carbons (Fsp3) is 0.472. The quantitative estimate of drug-likeness (QED) is 0.118. The molecule has 2 aromatic heterocycles. The van der Waals surface area contributed by atoms with Gasteiger partial charge in [0.2, 0.25) is 5.96 Å². The fourth-order valence-corrected chi connectivity index (χ4v) is 6.58. The molecule has 2 amide bonds. The van der Waals surface area contributed by atoms with Crippen LogP contribution in [0, 0.1) is 16.2 Å². The smallest absolute Gasteiger partial charge is 0.320 e. The van der Waals surface area contributed by atoms with E-state index in [1.807, 2.05) is 56.2 Å². The SMILES string of the molecule is CCC(=N)/C=C(/NC(=O)N[C@H]1CC[C@@H](Oc2ccc(=N)n(C(=N)N3[C@H](C)CCC[C@@H]3C)c2)c2ccccc21)Nc1cnn(CCN(C)C)c1. The molecule has 4 atom stereocenters. The first-order valence-electron chi connectivity index (χ1n) is 17.2. The number of carbonyl (C=O) groups excluding carboxylic acids is 1. The van der Waals surface area contributed by atoms with Crippen LogP contribution in [0.4, 0.5) is 10.5 Å². The number of benzene rings is 1. The monoisotopic (exact) mass is 669 g/mol. The van der Waals surface area contributed by atoms with E-state index in [9.17, 15) is 4.79 Å². The number of amides is 2. The van der Waals surface area contributed by atoms with Crippen LogP contribution < -0.4 is 26.2 Å². The van der Waals surface area contributed by atoms with Gasteiger partial charge in [0.1, 0.15) is 23.2 Å². The molecule has 1 fully saturated rings. The summed E-state index contributed by atoms with van der Waals surface area (Å²) in [7, 11) is 4.02. The van der Waals surface area contributed by atoms with Gasteiger partial charge < -0.3 is 30.6 Å². The topological polar surface area (TPSA) is 163 Å². The van der Waals surface area contributed by atoms with Gasteiger partial charge in [-0.25, -0.2) is 4.79 Å². The minimum atomic E-state index is -0.381. The van der Waals surface area contributed by atoms with Gasteiger partial charge in [0.25, 0.3) is 0 Å². The average molecular weight is 670 g/mol. The molecule has 0 spiro atoms. The second kappa shape index (κ2) is 16.0. The highest BCUT2D eigenvalue weighted by molar-refractivity contribution is 5.93. The molecule has 3 aromatic rings. The van der Waals surface area contributed by atoms with Crippen molar-refractivity contribution in [1.29, 1.82) is 16.2 Å². The highest BCUT2D eigenvalue weighted by Gasteiger charge is 2.31. The molecule has 1 aliphatic carbocycles. The van der Waals surface area contributed by atoms with Crippen molar-refractivity contribution in [2.75, 3.05) is 26.0 Å². The van der Waals surface area contributed by atoms with Gasteiger partial charge in [-0.3, -0.25) is 25.4 Å². The van der Waals surface area contributed by atoms with Crippen LogP contribution in [0.5, 0.6) is 5.75 Å². The number of piperidine rings is 1. The third kappa shape index (κ3) is 8.96. The van der Waals surface area contributed by atoms with Gasteiger partial charge in [-0.05, 0) is 95.8 Å². The molecule has 1 aromatic carbocycles. The number of rotatable bonds is 11. The zero-order valence-electron chi connectivity index (χ0n) is 29.3. The Bertz CT molecular complexity index is 1720. The van der Waals surface area contributed by atoms with E-state index >= 15 is 0 Å². The largest absolute Gasteiger partial charge is 0.484 e. The van der Waals surface area contributed by atoms with Crippen LogP contribution in [0.1, 0.15) is 82.6 Å². The lowest BCUT2D eigenvalue weighted by Gasteiger charge is -2.41. The van der Waals surface area contributed by atoms with Crippen molar-refractivity contribution in [1.82, 2.24) is 34.8 Å². The number of anilines is 1. The Hall–Kier alpha value is -4.91. The number of likely N-dealkylation sites (tertiary alicyclic amines) is 1. The van der Waals surface area contributed by atoms with Crippen LogP contribution in [-0.4, -0.2) is 74.6 Å². The van der Waals surface area contributed by atoms with Gasteiger partial charge in [-0.15, -0.1) is 0 Å². The standard InChI is InChI=1S/C36H51N11O2/c1-6-26(37)20-34(41-27-21-40-45(22-27)19-18-44(4)5)43-36(48)42-31-15-16-32(30-13-8-7-12-29(30)31)49-28-14-17-33(38)46(23-28)35(39)47-24(2)10-9-11-25(47)3/h7-8,12-14,17,20-25,31-32,37-39,41H,6,9-11,15-16,18-19H2,1-5H3,(H2,42,43,48)/b34-20+,37-26?,38-33?,39-35?/t24-,25+,31-,32+/m0/s1. The number of carbonyl (C=O) groups is 1. The van der Waals surface area contributed by atoms with Gasteiger partial charge in [0, 0.05) is 30.5 Å². The number of aromatic nitrogens is 3. The average Bonchev–Trinajstić information content (AvgIpc) is 3.52. The number of pyridine rings is 1. The second-order valence-electron chi connectivity index (χ2n) is 13.3. The molecular weight excluding hydrogens is 618 g/mol. The number of fused-ring (bicyclic) bond motifs is 1. The summed E-state index contributed by atoms with van der Waals surface area (Å²) in [6.45, 7) is 7.76.